The Morgan fingerprint density at radius 1 is 1.17 bits per heavy atom. The van der Waals surface area contributed by atoms with Crippen molar-refractivity contribution in [2.24, 2.45) is 0 Å². The Labute approximate surface area is 184 Å². The molecule has 0 aliphatic carbocycles. The Kier molecular flexibility index (Phi) is 9.68. The Bertz CT molecular complexity index is 826. The smallest absolute Gasteiger partial charge is 0.261 e. The Hall–Kier alpha value is -2.53. The maximum atomic E-state index is 13.0. The monoisotopic (exact) mass is 430 g/mol. The number of nitrogens with zero attached hydrogens (tertiary/aromatic N) is 1. The molecule has 0 saturated heterocycles. The molecule has 0 unspecified atom stereocenters. The molecular weight excluding hydrogens is 400 g/mol. The predicted molar refractivity (Wildman–Crippen MR) is 121 cm³/mol. The molecule has 6 heteroatoms. The zero-order valence-corrected chi connectivity index (χ0v) is 18.7. The number of rotatable bonds is 11. The summed E-state index contributed by atoms with van der Waals surface area (Å²) < 4.78 is 5.68. The van der Waals surface area contributed by atoms with Gasteiger partial charge in [-0.15, -0.1) is 0 Å². The number of nitrogens with one attached hydrogen (secondary N) is 1. The molecule has 0 radical (unpaired) electrons. The molecule has 2 aromatic carbocycles. The van der Waals surface area contributed by atoms with Gasteiger partial charge in [-0.3, -0.25) is 9.59 Å². The second-order valence-corrected chi connectivity index (χ2v) is 7.75. The van der Waals surface area contributed by atoms with Crippen LogP contribution in [0.25, 0.3) is 0 Å². The lowest BCUT2D eigenvalue weighted by molar-refractivity contribution is -0.141. The van der Waals surface area contributed by atoms with E-state index in [1.165, 1.54) is 0 Å². The van der Waals surface area contributed by atoms with Crippen LogP contribution in [-0.4, -0.2) is 42.5 Å². The fraction of sp³-hybridized carbons (Fsp3) is 0.417. The molecule has 0 saturated carbocycles. The number of halogens is 1. The molecule has 0 heterocycles. The van der Waals surface area contributed by atoms with Gasteiger partial charge in [0.2, 0.25) is 5.91 Å². The van der Waals surface area contributed by atoms with Gasteiger partial charge in [-0.2, -0.15) is 0 Å². The molecule has 0 aliphatic heterocycles. The van der Waals surface area contributed by atoms with E-state index in [4.69, 9.17) is 16.3 Å². The fourth-order valence-electron chi connectivity index (χ4n) is 3.04. The molecule has 162 valence electrons. The molecule has 2 amide bonds. The Balaban J connectivity index is 2.04. The average Bonchev–Trinajstić information content (AvgIpc) is 2.75. The zero-order valence-electron chi connectivity index (χ0n) is 18.0. The Morgan fingerprint density at radius 3 is 2.57 bits per heavy atom. The second kappa shape index (κ2) is 12.2. The van der Waals surface area contributed by atoms with Crippen molar-refractivity contribution < 1.29 is 14.3 Å². The highest BCUT2D eigenvalue weighted by Crippen LogP contribution is 2.21. The number of benzene rings is 2. The summed E-state index contributed by atoms with van der Waals surface area (Å²) in [7, 11) is 0. The van der Waals surface area contributed by atoms with Crippen LogP contribution in [0.3, 0.4) is 0 Å². The minimum Gasteiger partial charge on any atom is -0.484 e. The van der Waals surface area contributed by atoms with E-state index in [9.17, 15) is 9.59 Å². The summed E-state index contributed by atoms with van der Waals surface area (Å²) in [5, 5.41) is 3.56. The number of hydrogen-bond donors (Lipinski definition) is 1. The minimum absolute atomic E-state index is 0.136. The molecule has 0 aromatic heterocycles. The van der Waals surface area contributed by atoms with Crippen LogP contribution in [0, 0.1) is 6.92 Å². The van der Waals surface area contributed by atoms with Crippen molar-refractivity contribution in [3.63, 3.8) is 0 Å². The topological polar surface area (TPSA) is 58.6 Å². The lowest BCUT2D eigenvalue weighted by atomic mass is 10.1. The van der Waals surface area contributed by atoms with Crippen molar-refractivity contribution in [2.45, 2.75) is 46.1 Å². The van der Waals surface area contributed by atoms with Gasteiger partial charge in [0.25, 0.3) is 5.91 Å². The van der Waals surface area contributed by atoms with Crippen molar-refractivity contribution in [3.8, 4) is 5.75 Å². The van der Waals surface area contributed by atoms with Gasteiger partial charge in [-0.05, 0) is 56.0 Å². The quantitative estimate of drug-likeness (QED) is 0.537. The highest BCUT2D eigenvalue weighted by atomic mass is 35.5. The van der Waals surface area contributed by atoms with Crippen LogP contribution in [0.15, 0.2) is 48.5 Å². The summed E-state index contributed by atoms with van der Waals surface area (Å²) in [6, 6.07) is 14.6. The Morgan fingerprint density at radius 2 is 1.90 bits per heavy atom. The van der Waals surface area contributed by atoms with Crippen LogP contribution in [0.4, 0.5) is 0 Å². The van der Waals surface area contributed by atoms with E-state index < -0.39 is 6.04 Å². The maximum Gasteiger partial charge on any atom is 0.261 e. The predicted octanol–water partition coefficient (Wildman–Crippen LogP) is 4.40. The van der Waals surface area contributed by atoms with E-state index >= 15 is 0 Å². The van der Waals surface area contributed by atoms with Gasteiger partial charge in [0.15, 0.2) is 6.61 Å². The van der Waals surface area contributed by atoms with Gasteiger partial charge in [-0.1, -0.05) is 55.3 Å². The van der Waals surface area contributed by atoms with Crippen LogP contribution >= 0.6 is 11.6 Å². The maximum absolute atomic E-state index is 13.0. The third kappa shape index (κ3) is 7.38. The third-order valence-corrected chi connectivity index (χ3v) is 5.40. The minimum atomic E-state index is -0.575. The van der Waals surface area contributed by atoms with Crippen LogP contribution < -0.4 is 10.1 Å². The highest BCUT2D eigenvalue weighted by Gasteiger charge is 2.26. The van der Waals surface area contributed by atoms with Gasteiger partial charge in [0.05, 0.1) is 0 Å². The molecule has 0 spiro atoms. The summed E-state index contributed by atoms with van der Waals surface area (Å²) in [6.45, 7) is 6.63. The van der Waals surface area contributed by atoms with Gasteiger partial charge in [0, 0.05) is 18.1 Å². The van der Waals surface area contributed by atoms with Crippen LogP contribution in [-0.2, 0) is 16.0 Å². The van der Waals surface area contributed by atoms with Gasteiger partial charge in [-0.25, -0.2) is 0 Å². The zero-order chi connectivity index (χ0) is 21.9. The van der Waals surface area contributed by atoms with Crippen molar-refractivity contribution in [2.75, 3.05) is 19.7 Å². The van der Waals surface area contributed by atoms with Crippen molar-refractivity contribution >= 4 is 23.4 Å². The molecule has 0 aliphatic rings. The molecule has 5 nitrogen and oxygen atoms in total. The first-order valence-electron chi connectivity index (χ1n) is 10.4. The lowest BCUT2D eigenvalue weighted by Crippen LogP contribution is -2.50. The number of ether oxygens (including phenoxy) is 1. The van der Waals surface area contributed by atoms with E-state index in [-0.39, 0.29) is 18.4 Å². The highest BCUT2D eigenvalue weighted by molar-refractivity contribution is 6.31. The molecule has 1 atom stereocenters. The van der Waals surface area contributed by atoms with E-state index in [0.717, 1.165) is 24.0 Å². The second-order valence-electron chi connectivity index (χ2n) is 7.34. The first kappa shape index (κ1) is 23.7. The fourth-order valence-corrected chi connectivity index (χ4v) is 3.16. The molecule has 0 fully saturated rings. The molecule has 1 N–H and O–H groups in total. The normalized spacial score (nSPS) is 11.6. The number of carbonyl (C=O) groups excluding carboxylic acids is 2. The number of carbonyl (C=O) groups is 2. The van der Waals surface area contributed by atoms with E-state index in [0.29, 0.717) is 30.3 Å². The van der Waals surface area contributed by atoms with Gasteiger partial charge in [0.1, 0.15) is 11.8 Å². The number of unbranched alkanes of at least 4 members (excludes halogenated alkanes) is 1. The van der Waals surface area contributed by atoms with Crippen molar-refractivity contribution in [1.29, 1.82) is 0 Å². The number of aryl methyl sites for hydroxylation is 1. The lowest BCUT2D eigenvalue weighted by Gasteiger charge is -2.28. The van der Waals surface area contributed by atoms with E-state index in [1.54, 1.807) is 30.0 Å². The third-order valence-electron chi connectivity index (χ3n) is 4.97. The number of amides is 2. The van der Waals surface area contributed by atoms with Crippen LogP contribution in [0.5, 0.6) is 5.75 Å². The molecule has 30 heavy (non-hydrogen) atoms. The number of hydrogen-bond acceptors (Lipinski definition) is 3. The summed E-state index contributed by atoms with van der Waals surface area (Å²) in [5.41, 5.74) is 1.99. The molecule has 2 aromatic rings. The largest absolute Gasteiger partial charge is 0.484 e. The summed E-state index contributed by atoms with van der Waals surface area (Å²) in [6.07, 6.45) is 2.58. The summed E-state index contributed by atoms with van der Waals surface area (Å²) in [5.74, 6) is 0.206. The van der Waals surface area contributed by atoms with Crippen molar-refractivity contribution in [3.05, 3.63) is 64.7 Å². The van der Waals surface area contributed by atoms with E-state index in [1.807, 2.05) is 37.3 Å². The van der Waals surface area contributed by atoms with Crippen LogP contribution in [0.1, 0.15) is 37.8 Å². The molecule has 2 rings (SSSR count). The van der Waals surface area contributed by atoms with Gasteiger partial charge >= 0.3 is 0 Å². The summed E-state index contributed by atoms with van der Waals surface area (Å²) >= 11 is 6.05. The first-order chi connectivity index (χ1) is 14.4. The standard InChI is InChI=1S/C24H31ClN2O3/c1-4-5-14-26-24(29)19(3)27(15-13-20-9-7-6-8-10-20)23(28)17-30-21-11-12-22(25)18(2)16-21/h6-12,16,19H,4-5,13-15,17H2,1-3H3,(H,26,29)/t19-/m1/s1. The average molecular weight is 431 g/mol. The van der Waals surface area contributed by atoms with Crippen LogP contribution in [0.2, 0.25) is 5.02 Å². The molecular formula is C24H31ClN2O3. The first-order valence-corrected chi connectivity index (χ1v) is 10.8. The van der Waals surface area contributed by atoms with Crippen molar-refractivity contribution in [1.82, 2.24) is 10.2 Å². The van der Waals surface area contributed by atoms with Gasteiger partial charge < -0.3 is 15.0 Å². The summed E-state index contributed by atoms with van der Waals surface area (Å²) in [4.78, 5) is 27.1. The van der Waals surface area contributed by atoms with E-state index in [2.05, 4.69) is 12.2 Å². The molecule has 0 bridgehead atoms. The SMILES string of the molecule is CCCCNC(=O)[C@@H](C)N(CCc1ccccc1)C(=O)COc1ccc(Cl)c(C)c1.